The monoisotopic (exact) mass is 276 g/mol. The molecule has 1 unspecified atom stereocenters. The second-order valence-electron chi connectivity index (χ2n) is 4.23. The van der Waals surface area contributed by atoms with Gasteiger partial charge in [0.1, 0.15) is 0 Å². The molecular weight excluding hydrogens is 260 g/mol. The number of thiazole rings is 1. The van der Waals surface area contributed by atoms with Gasteiger partial charge in [0.15, 0.2) is 0 Å². The van der Waals surface area contributed by atoms with Crippen molar-refractivity contribution < 1.29 is 9.53 Å². The minimum absolute atomic E-state index is 0.133. The van der Waals surface area contributed by atoms with Crippen LogP contribution in [0.15, 0.2) is 29.6 Å². The van der Waals surface area contributed by atoms with Crippen molar-refractivity contribution in [2.75, 3.05) is 12.4 Å². The Morgan fingerprint density at radius 1 is 1.37 bits per heavy atom. The smallest absolute Gasteiger partial charge is 0.337 e. The molecule has 0 aliphatic carbocycles. The largest absolute Gasteiger partial charge is 0.465 e. The van der Waals surface area contributed by atoms with Gasteiger partial charge in [0.2, 0.25) is 0 Å². The van der Waals surface area contributed by atoms with Gasteiger partial charge in [0.25, 0.3) is 0 Å². The van der Waals surface area contributed by atoms with Gasteiger partial charge in [-0.05, 0) is 38.1 Å². The van der Waals surface area contributed by atoms with E-state index < -0.39 is 0 Å². The summed E-state index contributed by atoms with van der Waals surface area (Å²) in [6.45, 7) is 4.05. The number of esters is 1. The van der Waals surface area contributed by atoms with Gasteiger partial charge in [-0.15, -0.1) is 11.3 Å². The predicted molar refractivity (Wildman–Crippen MR) is 76.7 cm³/mol. The highest BCUT2D eigenvalue weighted by molar-refractivity contribution is 7.09. The molecule has 0 saturated carbocycles. The average Bonchev–Trinajstić information content (AvgIpc) is 2.85. The second-order valence-corrected chi connectivity index (χ2v) is 5.29. The van der Waals surface area contributed by atoms with Gasteiger partial charge in [0, 0.05) is 11.1 Å². The molecule has 1 aromatic heterocycles. The van der Waals surface area contributed by atoms with Gasteiger partial charge in [-0.3, -0.25) is 0 Å². The standard InChI is InChI=1S/C14H16N2O2S/c1-9(13-8-19-10(2)16-13)15-12-6-4-11(5-7-12)14(17)18-3/h4-9,15H,1-3H3. The molecule has 2 aromatic rings. The molecule has 0 aliphatic heterocycles. The molecule has 0 amide bonds. The van der Waals surface area contributed by atoms with Crippen LogP contribution in [0.4, 0.5) is 5.69 Å². The van der Waals surface area contributed by atoms with Crippen molar-refractivity contribution in [2.45, 2.75) is 19.9 Å². The molecule has 0 saturated heterocycles. The third-order valence-electron chi connectivity index (χ3n) is 2.77. The lowest BCUT2D eigenvalue weighted by molar-refractivity contribution is 0.0601. The first-order valence-electron chi connectivity index (χ1n) is 5.97. The Kier molecular flexibility index (Phi) is 4.16. The van der Waals surface area contributed by atoms with Gasteiger partial charge in [0.05, 0.1) is 29.4 Å². The molecule has 1 atom stereocenters. The molecule has 100 valence electrons. The maximum absolute atomic E-state index is 11.3. The number of nitrogens with zero attached hydrogens (tertiary/aromatic N) is 1. The zero-order valence-corrected chi connectivity index (χ0v) is 12.0. The minimum atomic E-state index is -0.324. The summed E-state index contributed by atoms with van der Waals surface area (Å²) in [7, 11) is 1.38. The molecule has 1 N–H and O–H groups in total. The van der Waals surface area contributed by atoms with E-state index in [1.165, 1.54) is 7.11 Å². The molecule has 0 radical (unpaired) electrons. The average molecular weight is 276 g/mol. The lowest BCUT2D eigenvalue weighted by atomic mass is 10.2. The first-order valence-corrected chi connectivity index (χ1v) is 6.85. The van der Waals surface area contributed by atoms with Crippen LogP contribution < -0.4 is 5.32 Å². The van der Waals surface area contributed by atoms with Crippen LogP contribution in [0.1, 0.15) is 34.0 Å². The Bertz CT molecular complexity index is 563. The van der Waals surface area contributed by atoms with Crippen molar-refractivity contribution in [3.05, 3.63) is 45.9 Å². The fraction of sp³-hybridized carbons (Fsp3) is 0.286. The second kappa shape index (κ2) is 5.84. The lowest BCUT2D eigenvalue weighted by Gasteiger charge is -2.13. The Balaban J connectivity index is 2.05. The number of anilines is 1. The van der Waals surface area contributed by atoms with Gasteiger partial charge >= 0.3 is 5.97 Å². The normalized spacial score (nSPS) is 11.9. The van der Waals surface area contributed by atoms with Gasteiger partial charge in [-0.2, -0.15) is 0 Å². The molecule has 1 heterocycles. The summed E-state index contributed by atoms with van der Waals surface area (Å²) in [6, 6.07) is 7.35. The number of methoxy groups -OCH3 is 1. The summed E-state index contributed by atoms with van der Waals surface area (Å²) >= 11 is 1.64. The minimum Gasteiger partial charge on any atom is -0.465 e. The lowest BCUT2D eigenvalue weighted by Crippen LogP contribution is -2.07. The molecule has 0 spiro atoms. The molecular formula is C14H16N2O2S. The van der Waals surface area contributed by atoms with Crippen LogP contribution in [0.25, 0.3) is 0 Å². The van der Waals surface area contributed by atoms with E-state index in [1.807, 2.05) is 19.1 Å². The molecule has 19 heavy (non-hydrogen) atoms. The van der Waals surface area contributed by atoms with E-state index in [0.717, 1.165) is 16.4 Å². The zero-order chi connectivity index (χ0) is 13.8. The zero-order valence-electron chi connectivity index (χ0n) is 11.1. The number of hydrogen-bond donors (Lipinski definition) is 1. The fourth-order valence-electron chi connectivity index (χ4n) is 1.72. The van der Waals surface area contributed by atoms with Crippen molar-refractivity contribution in [1.29, 1.82) is 0 Å². The van der Waals surface area contributed by atoms with E-state index in [4.69, 9.17) is 0 Å². The summed E-state index contributed by atoms with van der Waals surface area (Å²) < 4.78 is 4.66. The van der Waals surface area contributed by atoms with Crippen LogP contribution in [0.3, 0.4) is 0 Å². The van der Waals surface area contributed by atoms with Crippen LogP contribution in [0, 0.1) is 6.92 Å². The highest BCUT2D eigenvalue weighted by atomic mass is 32.1. The molecule has 2 rings (SSSR count). The topological polar surface area (TPSA) is 51.2 Å². The van der Waals surface area contributed by atoms with Crippen LogP contribution in [0.2, 0.25) is 0 Å². The van der Waals surface area contributed by atoms with Gasteiger partial charge in [-0.25, -0.2) is 9.78 Å². The summed E-state index contributed by atoms with van der Waals surface area (Å²) in [5.41, 5.74) is 2.52. The maximum atomic E-state index is 11.3. The molecule has 5 heteroatoms. The van der Waals surface area contributed by atoms with E-state index in [9.17, 15) is 4.79 Å². The summed E-state index contributed by atoms with van der Waals surface area (Å²) in [6.07, 6.45) is 0. The highest BCUT2D eigenvalue weighted by Crippen LogP contribution is 2.21. The number of ether oxygens (including phenoxy) is 1. The van der Waals surface area contributed by atoms with E-state index in [2.05, 4.69) is 27.3 Å². The van der Waals surface area contributed by atoms with Gasteiger partial charge < -0.3 is 10.1 Å². The number of aromatic nitrogens is 1. The number of benzene rings is 1. The molecule has 0 fully saturated rings. The predicted octanol–water partition coefficient (Wildman–Crippen LogP) is 3.41. The Labute approximate surface area is 116 Å². The highest BCUT2D eigenvalue weighted by Gasteiger charge is 2.09. The number of hydrogen-bond acceptors (Lipinski definition) is 5. The van der Waals surface area contributed by atoms with Crippen molar-refractivity contribution in [1.82, 2.24) is 4.98 Å². The van der Waals surface area contributed by atoms with Crippen LogP contribution >= 0.6 is 11.3 Å². The SMILES string of the molecule is COC(=O)c1ccc(NC(C)c2csc(C)n2)cc1. The van der Waals surface area contributed by atoms with Gasteiger partial charge in [-0.1, -0.05) is 0 Å². The van der Waals surface area contributed by atoms with Crippen LogP contribution in [-0.4, -0.2) is 18.1 Å². The molecule has 1 aromatic carbocycles. The molecule has 4 nitrogen and oxygen atoms in total. The third kappa shape index (κ3) is 3.32. The van der Waals surface area contributed by atoms with Crippen LogP contribution in [-0.2, 0) is 4.74 Å². The van der Waals surface area contributed by atoms with Crippen molar-refractivity contribution in [3.8, 4) is 0 Å². The summed E-state index contributed by atoms with van der Waals surface area (Å²) in [5, 5.41) is 6.46. The number of carbonyl (C=O) groups excluding carboxylic acids is 1. The first-order chi connectivity index (χ1) is 9.10. The molecule has 0 aliphatic rings. The fourth-order valence-corrected chi connectivity index (χ4v) is 2.43. The maximum Gasteiger partial charge on any atom is 0.337 e. The van der Waals surface area contributed by atoms with E-state index in [0.29, 0.717) is 5.56 Å². The third-order valence-corrected chi connectivity index (χ3v) is 3.56. The first kappa shape index (κ1) is 13.5. The van der Waals surface area contributed by atoms with Crippen molar-refractivity contribution >= 4 is 23.0 Å². The Morgan fingerprint density at radius 3 is 2.58 bits per heavy atom. The molecule has 0 bridgehead atoms. The van der Waals surface area contributed by atoms with Crippen molar-refractivity contribution in [2.24, 2.45) is 0 Å². The van der Waals surface area contributed by atoms with E-state index in [-0.39, 0.29) is 12.0 Å². The number of rotatable bonds is 4. The number of nitrogens with one attached hydrogen (secondary N) is 1. The van der Waals surface area contributed by atoms with Crippen molar-refractivity contribution in [3.63, 3.8) is 0 Å². The van der Waals surface area contributed by atoms with E-state index in [1.54, 1.807) is 23.5 Å². The Hall–Kier alpha value is -1.88. The van der Waals surface area contributed by atoms with E-state index >= 15 is 0 Å². The summed E-state index contributed by atoms with van der Waals surface area (Å²) in [5.74, 6) is -0.324. The Morgan fingerprint density at radius 2 is 2.05 bits per heavy atom. The number of carbonyl (C=O) groups is 1. The van der Waals surface area contributed by atoms with Crippen LogP contribution in [0.5, 0.6) is 0 Å². The summed E-state index contributed by atoms with van der Waals surface area (Å²) in [4.78, 5) is 15.8. The quantitative estimate of drug-likeness (QED) is 0.869. The number of aryl methyl sites for hydroxylation is 1.